The third-order valence-electron chi connectivity index (χ3n) is 5.40. The lowest BCUT2D eigenvalue weighted by Crippen LogP contribution is -2.38. The van der Waals surface area contributed by atoms with Crippen molar-refractivity contribution in [3.63, 3.8) is 0 Å². The summed E-state index contributed by atoms with van der Waals surface area (Å²) in [4.78, 5) is 8.58. The molecule has 3 rings (SSSR count). The monoisotopic (exact) mass is 307 g/mol. The largest absolute Gasteiger partial charge is 0.348 e. The number of thiazole rings is 1. The lowest BCUT2D eigenvalue weighted by Gasteiger charge is -2.39. The van der Waals surface area contributed by atoms with Gasteiger partial charge in [0.25, 0.3) is 0 Å². The molecule has 118 valence electrons. The Labute approximate surface area is 133 Å². The van der Waals surface area contributed by atoms with Crippen molar-refractivity contribution in [2.45, 2.75) is 64.8 Å². The Morgan fingerprint density at radius 3 is 2.67 bits per heavy atom. The molecule has 2 fully saturated rings. The van der Waals surface area contributed by atoms with Gasteiger partial charge in [-0.2, -0.15) is 0 Å². The molecule has 1 aliphatic heterocycles. The van der Waals surface area contributed by atoms with Gasteiger partial charge in [0.2, 0.25) is 0 Å². The molecule has 1 saturated carbocycles. The molecule has 1 aromatic heterocycles. The van der Waals surface area contributed by atoms with Gasteiger partial charge in [-0.3, -0.25) is 0 Å². The van der Waals surface area contributed by atoms with E-state index in [1.54, 1.807) is 0 Å². The molecule has 3 nitrogen and oxygen atoms in total. The van der Waals surface area contributed by atoms with Crippen LogP contribution in [0.1, 0.15) is 69.7 Å². The molecule has 1 aromatic rings. The lowest BCUT2D eigenvalue weighted by atomic mass is 9.77. The van der Waals surface area contributed by atoms with Crippen LogP contribution in [0.4, 0.5) is 5.13 Å². The predicted molar refractivity (Wildman–Crippen MR) is 91.2 cm³/mol. The van der Waals surface area contributed by atoms with E-state index in [-0.39, 0.29) is 0 Å². The standard InChI is InChI=1S/C17H29N3S/c1-3-10-18-14(2)15-13-19-16(21-15)20-11-8-17(9-12-20)6-4-5-7-17/h13-14,18H,3-12H2,1-2H3. The number of piperidine rings is 1. The van der Waals surface area contributed by atoms with Crippen molar-refractivity contribution < 1.29 is 0 Å². The molecule has 1 unspecified atom stereocenters. The van der Waals surface area contributed by atoms with Gasteiger partial charge in [0.1, 0.15) is 0 Å². The highest BCUT2D eigenvalue weighted by Gasteiger charge is 2.37. The van der Waals surface area contributed by atoms with Gasteiger partial charge in [0.15, 0.2) is 5.13 Å². The van der Waals surface area contributed by atoms with Crippen molar-refractivity contribution in [3.8, 4) is 0 Å². The van der Waals surface area contributed by atoms with E-state index in [0.717, 1.165) is 6.54 Å². The van der Waals surface area contributed by atoms with E-state index in [1.165, 1.54) is 68.0 Å². The molecule has 21 heavy (non-hydrogen) atoms. The zero-order chi connectivity index (χ0) is 14.7. The molecular formula is C17H29N3S. The van der Waals surface area contributed by atoms with Gasteiger partial charge in [-0.25, -0.2) is 4.98 Å². The first-order chi connectivity index (χ1) is 10.2. The van der Waals surface area contributed by atoms with Crippen LogP contribution < -0.4 is 10.2 Å². The van der Waals surface area contributed by atoms with E-state index in [0.29, 0.717) is 11.5 Å². The van der Waals surface area contributed by atoms with Crippen LogP contribution in [0, 0.1) is 5.41 Å². The molecular weight excluding hydrogens is 278 g/mol. The van der Waals surface area contributed by atoms with Crippen LogP contribution >= 0.6 is 11.3 Å². The Hall–Kier alpha value is -0.610. The first-order valence-corrected chi connectivity index (χ1v) is 9.48. The first kappa shape index (κ1) is 15.3. The van der Waals surface area contributed by atoms with Gasteiger partial charge >= 0.3 is 0 Å². The second kappa shape index (κ2) is 6.66. The molecule has 0 aromatic carbocycles. The predicted octanol–water partition coefficient (Wildman–Crippen LogP) is 4.36. The smallest absolute Gasteiger partial charge is 0.185 e. The van der Waals surface area contributed by atoms with Crippen LogP contribution in [0.25, 0.3) is 0 Å². The maximum Gasteiger partial charge on any atom is 0.185 e. The molecule has 1 N–H and O–H groups in total. The van der Waals surface area contributed by atoms with Crippen molar-refractivity contribution in [2.75, 3.05) is 24.5 Å². The van der Waals surface area contributed by atoms with E-state index in [2.05, 4.69) is 35.2 Å². The maximum atomic E-state index is 4.69. The van der Waals surface area contributed by atoms with Crippen molar-refractivity contribution in [1.82, 2.24) is 10.3 Å². The fourth-order valence-corrected chi connectivity index (χ4v) is 4.88. The quantitative estimate of drug-likeness (QED) is 0.876. The molecule has 2 aliphatic rings. The van der Waals surface area contributed by atoms with Gasteiger partial charge in [-0.15, -0.1) is 11.3 Å². The van der Waals surface area contributed by atoms with E-state index < -0.39 is 0 Å². The number of hydrogen-bond donors (Lipinski definition) is 1. The highest BCUT2D eigenvalue weighted by atomic mass is 32.1. The number of nitrogens with zero attached hydrogens (tertiary/aromatic N) is 2. The Bertz CT molecular complexity index is 441. The number of hydrogen-bond acceptors (Lipinski definition) is 4. The minimum Gasteiger partial charge on any atom is -0.348 e. The fourth-order valence-electron chi connectivity index (χ4n) is 3.88. The average Bonchev–Trinajstić information content (AvgIpc) is 3.16. The molecule has 2 heterocycles. The Morgan fingerprint density at radius 2 is 2.00 bits per heavy atom. The SMILES string of the molecule is CCCNC(C)c1cnc(N2CCC3(CCCC3)CC2)s1. The number of rotatable bonds is 5. The molecule has 1 saturated heterocycles. The molecule has 0 bridgehead atoms. The summed E-state index contributed by atoms with van der Waals surface area (Å²) in [6.07, 6.45) is 11.9. The molecule has 1 aliphatic carbocycles. The number of aromatic nitrogens is 1. The normalized spacial score (nSPS) is 22.9. The molecule has 0 amide bonds. The molecule has 1 spiro atoms. The summed E-state index contributed by atoms with van der Waals surface area (Å²) >= 11 is 1.88. The van der Waals surface area contributed by atoms with Crippen LogP contribution in [0.2, 0.25) is 0 Å². The summed E-state index contributed by atoms with van der Waals surface area (Å²) < 4.78 is 0. The fraction of sp³-hybridized carbons (Fsp3) is 0.824. The minimum absolute atomic E-state index is 0.433. The zero-order valence-electron chi connectivity index (χ0n) is 13.5. The molecule has 0 radical (unpaired) electrons. The highest BCUT2D eigenvalue weighted by Crippen LogP contribution is 2.47. The van der Waals surface area contributed by atoms with Crippen molar-refractivity contribution in [2.24, 2.45) is 5.41 Å². The highest BCUT2D eigenvalue weighted by molar-refractivity contribution is 7.15. The van der Waals surface area contributed by atoms with Gasteiger partial charge in [0.05, 0.1) is 0 Å². The third kappa shape index (κ3) is 3.42. The van der Waals surface area contributed by atoms with Gasteiger partial charge < -0.3 is 10.2 Å². The zero-order valence-corrected chi connectivity index (χ0v) is 14.3. The van der Waals surface area contributed by atoms with E-state index in [4.69, 9.17) is 0 Å². The van der Waals surface area contributed by atoms with Gasteiger partial charge in [-0.1, -0.05) is 19.8 Å². The first-order valence-electron chi connectivity index (χ1n) is 8.66. The van der Waals surface area contributed by atoms with E-state index >= 15 is 0 Å². The summed E-state index contributed by atoms with van der Waals surface area (Å²) in [5, 5.41) is 4.80. The molecule has 1 atom stereocenters. The summed E-state index contributed by atoms with van der Waals surface area (Å²) in [7, 11) is 0. The Kier molecular flexibility index (Phi) is 4.85. The Morgan fingerprint density at radius 1 is 1.29 bits per heavy atom. The Balaban J connectivity index is 1.57. The lowest BCUT2D eigenvalue weighted by molar-refractivity contribution is 0.226. The van der Waals surface area contributed by atoms with E-state index in [1.807, 2.05) is 11.3 Å². The average molecular weight is 308 g/mol. The van der Waals surface area contributed by atoms with Crippen LogP contribution in [-0.4, -0.2) is 24.6 Å². The molecule has 4 heteroatoms. The minimum atomic E-state index is 0.433. The summed E-state index contributed by atoms with van der Waals surface area (Å²) in [6.45, 7) is 7.97. The summed E-state index contributed by atoms with van der Waals surface area (Å²) in [5.74, 6) is 0. The van der Waals surface area contributed by atoms with Crippen LogP contribution in [0.15, 0.2) is 6.20 Å². The second-order valence-electron chi connectivity index (χ2n) is 6.92. The van der Waals surface area contributed by atoms with Gasteiger partial charge in [0, 0.05) is 30.2 Å². The topological polar surface area (TPSA) is 28.2 Å². The van der Waals surface area contributed by atoms with Crippen molar-refractivity contribution in [1.29, 1.82) is 0 Å². The second-order valence-corrected chi connectivity index (χ2v) is 7.96. The van der Waals surface area contributed by atoms with Crippen LogP contribution in [0.3, 0.4) is 0 Å². The summed E-state index contributed by atoms with van der Waals surface area (Å²) in [6, 6.07) is 0.433. The maximum absolute atomic E-state index is 4.69. The van der Waals surface area contributed by atoms with Crippen molar-refractivity contribution in [3.05, 3.63) is 11.1 Å². The van der Waals surface area contributed by atoms with Crippen molar-refractivity contribution >= 4 is 16.5 Å². The van der Waals surface area contributed by atoms with Crippen LogP contribution in [-0.2, 0) is 0 Å². The third-order valence-corrected chi connectivity index (χ3v) is 6.64. The van der Waals surface area contributed by atoms with Crippen LogP contribution in [0.5, 0.6) is 0 Å². The number of nitrogens with one attached hydrogen (secondary N) is 1. The number of anilines is 1. The summed E-state index contributed by atoms with van der Waals surface area (Å²) in [5.41, 5.74) is 0.701. The van der Waals surface area contributed by atoms with Gasteiger partial charge in [-0.05, 0) is 51.0 Å². The van der Waals surface area contributed by atoms with E-state index in [9.17, 15) is 0 Å².